The second-order valence-corrected chi connectivity index (χ2v) is 4.11. The van der Waals surface area contributed by atoms with E-state index in [-0.39, 0.29) is 6.04 Å². The molecule has 17 heavy (non-hydrogen) atoms. The molecular formula is C13H18N2O2. The maximum absolute atomic E-state index is 11.6. The Bertz CT molecular complexity index is 416. The van der Waals surface area contributed by atoms with Crippen LogP contribution in [0.5, 0.6) is 0 Å². The quantitative estimate of drug-likeness (QED) is 0.784. The van der Waals surface area contributed by atoms with Gasteiger partial charge in [-0.15, -0.1) is 0 Å². The topological polar surface area (TPSA) is 58.2 Å². The minimum Gasteiger partial charge on any atom is -0.345 e. The fourth-order valence-corrected chi connectivity index (χ4v) is 1.30. The summed E-state index contributed by atoms with van der Waals surface area (Å²) in [6.07, 6.45) is 0.795. The van der Waals surface area contributed by atoms with E-state index in [1.54, 1.807) is 6.07 Å². The van der Waals surface area contributed by atoms with Gasteiger partial charge in [0, 0.05) is 11.7 Å². The molecule has 0 saturated carbocycles. The van der Waals surface area contributed by atoms with Gasteiger partial charge in [-0.1, -0.05) is 19.1 Å². The van der Waals surface area contributed by atoms with Crippen LogP contribution in [0.15, 0.2) is 24.3 Å². The maximum Gasteiger partial charge on any atom is 0.313 e. The normalized spacial score (nSPS) is 11.7. The average molecular weight is 234 g/mol. The molecule has 0 saturated heterocycles. The average Bonchev–Trinajstić information content (AvgIpc) is 2.28. The number of benzene rings is 1. The third kappa shape index (κ3) is 4.26. The lowest BCUT2D eigenvalue weighted by atomic mass is 10.2. The number of aryl methyl sites for hydroxylation is 1. The summed E-state index contributed by atoms with van der Waals surface area (Å²) in [4.78, 5) is 23.0. The Morgan fingerprint density at radius 2 is 2.00 bits per heavy atom. The zero-order valence-corrected chi connectivity index (χ0v) is 10.4. The molecule has 1 aromatic rings. The molecule has 4 heteroatoms. The van der Waals surface area contributed by atoms with Gasteiger partial charge in [0.25, 0.3) is 0 Å². The second-order valence-electron chi connectivity index (χ2n) is 4.11. The molecule has 0 aliphatic carbocycles. The van der Waals surface area contributed by atoms with Crippen molar-refractivity contribution in [3.05, 3.63) is 29.8 Å². The van der Waals surface area contributed by atoms with Gasteiger partial charge in [0.05, 0.1) is 0 Å². The van der Waals surface area contributed by atoms with Crippen LogP contribution in [0.25, 0.3) is 0 Å². The highest BCUT2D eigenvalue weighted by Gasteiger charge is 2.15. The van der Waals surface area contributed by atoms with Gasteiger partial charge in [-0.3, -0.25) is 9.59 Å². The van der Waals surface area contributed by atoms with E-state index in [0.29, 0.717) is 5.69 Å². The molecule has 0 aliphatic rings. The van der Waals surface area contributed by atoms with E-state index in [9.17, 15) is 9.59 Å². The Morgan fingerprint density at radius 3 is 2.59 bits per heavy atom. The largest absolute Gasteiger partial charge is 0.345 e. The zero-order chi connectivity index (χ0) is 12.8. The molecule has 1 aromatic carbocycles. The highest BCUT2D eigenvalue weighted by Crippen LogP contribution is 2.09. The fourth-order valence-electron chi connectivity index (χ4n) is 1.30. The van der Waals surface area contributed by atoms with Crippen LogP contribution in [-0.2, 0) is 9.59 Å². The standard InChI is InChI=1S/C13H18N2O2/c1-4-10(3)14-12(16)13(17)15-11-7-5-6-9(2)8-11/h5-8,10H,4H2,1-3H3,(H,14,16)(H,15,17)/t10-/m1/s1. The van der Waals surface area contributed by atoms with E-state index in [2.05, 4.69) is 10.6 Å². The molecule has 0 unspecified atom stereocenters. The number of hydrogen-bond donors (Lipinski definition) is 2. The van der Waals surface area contributed by atoms with Crippen LogP contribution >= 0.6 is 0 Å². The van der Waals surface area contributed by atoms with E-state index < -0.39 is 11.8 Å². The van der Waals surface area contributed by atoms with Gasteiger partial charge < -0.3 is 10.6 Å². The molecule has 0 radical (unpaired) electrons. The molecule has 2 N–H and O–H groups in total. The number of rotatable bonds is 3. The Labute approximate surface area is 101 Å². The molecule has 0 heterocycles. The van der Waals surface area contributed by atoms with Crippen LogP contribution in [0, 0.1) is 6.92 Å². The Hall–Kier alpha value is -1.84. The molecule has 0 aromatic heterocycles. The third-order valence-electron chi connectivity index (χ3n) is 2.47. The van der Waals surface area contributed by atoms with Gasteiger partial charge in [0.15, 0.2) is 0 Å². The first-order valence-electron chi connectivity index (χ1n) is 5.71. The van der Waals surface area contributed by atoms with E-state index in [4.69, 9.17) is 0 Å². The van der Waals surface area contributed by atoms with Crippen LogP contribution < -0.4 is 10.6 Å². The highest BCUT2D eigenvalue weighted by atomic mass is 16.2. The van der Waals surface area contributed by atoms with Crippen LogP contribution in [0.1, 0.15) is 25.8 Å². The molecule has 4 nitrogen and oxygen atoms in total. The first-order chi connectivity index (χ1) is 8.02. The van der Waals surface area contributed by atoms with Gasteiger partial charge in [0.2, 0.25) is 0 Å². The summed E-state index contributed by atoms with van der Waals surface area (Å²) in [5, 5.41) is 5.17. The van der Waals surface area contributed by atoms with Crippen LogP contribution in [-0.4, -0.2) is 17.9 Å². The number of hydrogen-bond acceptors (Lipinski definition) is 2. The molecule has 0 spiro atoms. The van der Waals surface area contributed by atoms with Crippen molar-refractivity contribution >= 4 is 17.5 Å². The van der Waals surface area contributed by atoms with Crippen molar-refractivity contribution in [2.75, 3.05) is 5.32 Å². The predicted molar refractivity (Wildman–Crippen MR) is 67.7 cm³/mol. The van der Waals surface area contributed by atoms with Crippen molar-refractivity contribution in [1.82, 2.24) is 5.32 Å². The zero-order valence-electron chi connectivity index (χ0n) is 10.4. The van der Waals surface area contributed by atoms with Gasteiger partial charge in [-0.25, -0.2) is 0 Å². The SMILES string of the molecule is CC[C@@H](C)NC(=O)C(=O)Nc1cccc(C)c1. The minimum absolute atomic E-state index is 0.00533. The lowest BCUT2D eigenvalue weighted by molar-refractivity contribution is -0.136. The molecule has 0 aliphatic heterocycles. The third-order valence-corrected chi connectivity index (χ3v) is 2.47. The van der Waals surface area contributed by atoms with Gasteiger partial charge in [0.1, 0.15) is 0 Å². The summed E-state index contributed by atoms with van der Waals surface area (Å²) >= 11 is 0. The second kappa shape index (κ2) is 6.03. The summed E-state index contributed by atoms with van der Waals surface area (Å²) in [6.45, 7) is 5.73. The fraction of sp³-hybridized carbons (Fsp3) is 0.385. The summed E-state index contributed by atoms with van der Waals surface area (Å²) in [5.74, 6) is -1.23. The number of nitrogens with one attached hydrogen (secondary N) is 2. The molecular weight excluding hydrogens is 216 g/mol. The Morgan fingerprint density at radius 1 is 1.29 bits per heavy atom. The van der Waals surface area contributed by atoms with Gasteiger partial charge >= 0.3 is 11.8 Å². The van der Waals surface area contributed by atoms with E-state index in [0.717, 1.165) is 12.0 Å². The number of carbonyl (C=O) groups excluding carboxylic acids is 2. The summed E-state index contributed by atoms with van der Waals surface area (Å²) < 4.78 is 0. The van der Waals surface area contributed by atoms with E-state index in [1.807, 2.05) is 39.0 Å². The predicted octanol–water partition coefficient (Wildman–Crippen LogP) is 1.85. The molecule has 0 fully saturated rings. The summed E-state index contributed by atoms with van der Waals surface area (Å²) in [5.41, 5.74) is 1.67. The van der Waals surface area contributed by atoms with Crippen molar-refractivity contribution in [3.8, 4) is 0 Å². The van der Waals surface area contributed by atoms with Gasteiger partial charge in [-0.2, -0.15) is 0 Å². The van der Waals surface area contributed by atoms with Crippen LogP contribution in [0.4, 0.5) is 5.69 Å². The molecule has 92 valence electrons. The molecule has 1 atom stereocenters. The Balaban J connectivity index is 2.57. The van der Waals surface area contributed by atoms with Crippen molar-refractivity contribution in [1.29, 1.82) is 0 Å². The highest BCUT2D eigenvalue weighted by molar-refractivity contribution is 6.39. The maximum atomic E-state index is 11.6. The Kier molecular flexibility index (Phi) is 4.69. The molecule has 2 amide bonds. The first-order valence-corrected chi connectivity index (χ1v) is 5.71. The smallest absolute Gasteiger partial charge is 0.313 e. The van der Waals surface area contributed by atoms with E-state index in [1.165, 1.54) is 0 Å². The number of anilines is 1. The lowest BCUT2D eigenvalue weighted by Gasteiger charge is -2.11. The van der Waals surface area contributed by atoms with Gasteiger partial charge in [-0.05, 0) is 38.0 Å². The van der Waals surface area contributed by atoms with Crippen molar-refractivity contribution in [2.45, 2.75) is 33.2 Å². The number of amides is 2. The number of carbonyl (C=O) groups is 2. The monoisotopic (exact) mass is 234 g/mol. The molecule has 0 bridgehead atoms. The van der Waals surface area contributed by atoms with Crippen molar-refractivity contribution in [3.63, 3.8) is 0 Å². The first kappa shape index (κ1) is 13.2. The summed E-state index contributed by atoms with van der Waals surface area (Å²) in [7, 11) is 0. The van der Waals surface area contributed by atoms with E-state index >= 15 is 0 Å². The summed E-state index contributed by atoms with van der Waals surface area (Å²) in [6, 6.07) is 7.33. The minimum atomic E-state index is -0.629. The van der Waals surface area contributed by atoms with Crippen molar-refractivity contribution < 1.29 is 9.59 Å². The van der Waals surface area contributed by atoms with Crippen molar-refractivity contribution in [2.24, 2.45) is 0 Å². The lowest BCUT2D eigenvalue weighted by Crippen LogP contribution is -2.40. The van der Waals surface area contributed by atoms with Crippen LogP contribution in [0.2, 0.25) is 0 Å². The van der Waals surface area contributed by atoms with Crippen LogP contribution in [0.3, 0.4) is 0 Å². The molecule has 1 rings (SSSR count).